The Labute approximate surface area is 129 Å². The predicted molar refractivity (Wildman–Crippen MR) is 88.3 cm³/mol. The van der Waals surface area contributed by atoms with Crippen LogP contribution in [0.5, 0.6) is 0 Å². The molecule has 0 bridgehead atoms. The highest BCUT2D eigenvalue weighted by atomic mass is 16.6. The quantitative estimate of drug-likeness (QED) is 0.639. The molecule has 0 aliphatic carbocycles. The average Bonchev–Trinajstić information content (AvgIpc) is 2.76. The van der Waals surface area contributed by atoms with E-state index in [-0.39, 0.29) is 16.3 Å². The van der Waals surface area contributed by atoms with Gasteiger partial charge < -0.3 is 9.80 Å². The van der Waals surface area contributed by atoms with Gasteiger partial charge in [0.15, 0.2) is 0 Å². The maximum atomic E-state index is 11.1. The molecule has 5 nitrogen and oxygen atoms in total. The molecule has 2 aromatic rings. The summed E-state index contributed by atoms with van der Waals surface area (Å²) >= 11 is 0. The third-order valence-electron chi connectivity index (χ3n) is 4.73. The van der Waals surface area contributed by atoms with E-state index in [4.69, 9.17) is 0 Å². The van der Waals surface area contributed by atoms with Gasteiger partial charge in [0.2, 0.25) is 0 Å². The monoisotopic (exact) mass is 297 g/mol. The molecule has 114 valence electrons. The van der Waals surface area contributed by atoms with Crippen molar-refractivity contribution in [3.05, 3.63) is 64.2 Å². The Morgan fingerprint density at radius 2 is 1.68 bits per heavy atom. The molecule has 5 heteroatoms. The van der Waals surface area contributed by atoms with Gasteiger partial charge in [-0.1, -0.05) is 37.3 Å². The van der Waals surface area contributed by atoms with E-state index in [1.807, 2.05) is 38.4 Å². The van der Waals surface area contributed by atoms with Gasteiger partial charge in [0.25, 0.3) is 5.69 Å². The summed E-state index contributed by atoms with van der Waals surface area (Å²) in [5.41, 5.74) is 2.89. The lowest BCUT2D eigenvalue weighted by atomic mass is 9.94. The Balaban J connectivity index is 2.18. The zero-order valence-corrected chi connectivity index (χ0v) is 13.0. The van der Waals surface area contributed by atoms with Crippen molar-refractivity contribution < 1.29 is 4.92 Å². The molecule has 0 aromatic heterocycles. The van der Waals surface area contributed by atoms with Crippen molar-refractivity contribution in [3.8, 4) is 0 Å². The lowest BCUT2D eigenvalue weighted by molar-refractivity contribution is -0.384. The van der Waals surface area contributed by atoms with E-state index in [2.05, 4.69) is 28.9 Å². The van der Waals surface area contributed by atoms with E-state index in [1.54, 1.807) is 12.1 Å². The van der Waals surface area contributed by atoms with E-state index < -0.39 is 0 Å². The second-order valence-electron chi connectivity index (χ2n) is 5.58. The number of hydrogen-bond acceptors (Lipinski definition) is 4. The van der Waals surface area contributed by atoms with Crippen LogP contribution >= 0.6 is 0 Å². The van der Waals surface area contributed by atoms with Gasteiger partial charge in [-0.3, -0.25) is 10.1 Å². The summed E-state index contributed by atoms with van der Waals surface area (Å²) in [6, 6.07) is 15.3. The van der Waals surface area contributed by atoms with Gasteiger partial charge in [-0.05, 0) is 18.1 Å². The molecule has 0 unspecified atom stereocenters. The van der Waals surface area contributed by atoms with Crippen molar-refractivity contribution >= 4 is 17.1 Å². The standard InChI is InChI=1S/C17H19N3O2/c1-4-17(13-8-6-5-7-9-13)18(2)15-11-10-14(20(21)22)12-16(15)19(17)3/h5-12H,4H2,1-3H3/t17-/m1/s1. The minimum absolute atomic E-state index is 0.124. The largest absolute Gasteiger partial charge is 0.346 e. The first-order chi connectivity index (χ1) is 10.5. The maximum Gasteiger partial charge on any atom is 0.271 e. The first-order valence-corrected chi connectivity index (χ1v) is 7.34. The third kappa shape index (κ3) is 1.78. The molecule has 0 spiro atoms. The summed E-state index contributed by atoms with van der Waals surface area (Å²) < 4.78 is 0. The molecule has 0 amide bonds. The Bertz CT molecular complexity index is 717. The van der Waals surface area contributed by atoms with E-state index in [0.29, 0.717) is 0 Å². The molecule has 1 aliphatic heterocycles. The molecule has 0 N–H and O–H groups in total. The highest BCUT2D eigenvalue weighted by Crippen LogP contribution is 2.50. The van der Waals surface area contributed by atoms with Gasteiger partial charge in [-0.25, -0.2) is 0 Å². The van der Waals surface area contributed by atoms with Gasteiger partial charge in [-0.2, -0.15) is 0 Å². The van der Waals surface area contributed by atoms with E-state index in [9.17, 15) is 10.1 Å². The summed E-state index contributed by atoms with van der Waals surface area (Å²) in [7, 11) is 4.05. The van der Waals surface area contributed by atoms with Gasteiger partial charge >= 0.3 is 0 Å². The van der Waals surface area contributed by atoms with Crippen LogP contribution in [-0.4, -0.2) is 19.0 Å². The minimum atomic E-state index is -0.345. The number of nitro groups is 1. The lowest BCUT2D eigenvalue weighted by Crippen LogP contribution is -2.51. The minimum Gasteiger partial charge on any atom is -0.346 e. The Kier molecular flexibility index (Phi) is 3.28. The molecule has 1 heterocycles. The van der Waals surface area contributed by atoms with Crippen LogP contribution < -0.4 is 9.80 Å². The zero-order valence-electron chi connectivity index (χ0n) is 13.0. The summed E-state index contributed by atoms with van der Waals surface area (Å²) in [4.78, 5) is 15.1. The summed E-state index contributed by atoms with van der Waals surface area (Å²) in [6.07, 6.45) is 0.868. The fraction of sp³-hybridized carbons (Fsp3) is 0.294. The molecular weight excluding hydrogens is 278 g/mol. The van der Waals surface area contributed by atoms with Crippen LogP contribution in [0.15, 0.2) is 48.5 Å². The molecule has 1 atom stereocenters. The molecule has 0 radical (unpaired) electrons. The number of benzene rings is 2. The van der Waals surface area contributed by atoms with E-state index in [0.717, 1.165) is 17.8 Å². The van der Waals surface area contributed by atoms with Crippen LogP contribution in [0.2, 0.25) is 0 Å². The second-order valence-corrected chi connectivity index (χ2v) is 5.58. The topological polar surface area (TPSA) is 49.6 Å². The van der Waals surface area contributed by atoms with Crippen molar-refractivity contribution in [2.45, 2.75) is 19.0 Å². The second kappa shape index (κ2) is 5.02. The van der Waals surface area contributed by atoms with Crippen molar-refractivity contribution in [1.29, 1.82) is 0 Å². The van der Waals surface area contributed by atoms with E-state index in [1.165, 1.54) is 5.56 Å². The lowest BCUT2D eigenvalue weighted by Gasteiger charge is -2.43. The van der Waals surface area contributed by atoms with Gasteiger partial charge in [0.05, 0.1) is 16.3 Å². The molecule has 3 rings (SSSR count). The normalized spacial score (nSPS) is 20.1. The zero-order chi connectivity index (χ0) is 15.9. The maximum absolute atomic E-state index is 11.1. The summed E-state index contributed by atoms with van der Waals surface area (Å²) in [6.45, 7) is 2.14. The molecule has 2 aromatic carbocycles. The number of nitrogens with zero attached hydrogens (tertiary/aromatic N) is 3. The average molecular weight is 297 g/mol. The molecule has 22 heavy (non-hydrogen) atoms. The Morgan fingerprint density at radius 1 is 1.05 bits per heavy atom. The predicted octanol–water partition coefficient (Wildman–Crippen LogP) is 3.74. The molecule has 0 saturated heterocycles. The fourth-order valence-corrected chi connectivity index (χ4v) is 3.57. The van der Waals surface area contributed by atoms with Crippen LogP contribution in [0.1, 0.15) is 18.9 Å². The number of fused-ring (bicyclic) bond motifs is 1. The smallest absolute Gasteiger partial charge is 0.271 e. The van der Waals surface area contributed by atoms with Gasteiger partial charge in [0.1, 0.15) is 5.66 Å². The molecular formula is C17H19N3O2. The third-order valence-corrected chi connectivity index (χ3v) is 4.73. The van der Waals surface area contributed by atoms with E-state index >= 15 is 0 Å². The number of anilines is 2. The Hall–Kier alpha value is -2.56. The van der Waals surface area contributed by atoms with Crippen molar-refractivity contribution in [1.82, 2.24) is 0 Å². The van der Waals surface area contributed by atoms with Crippen LogP contribution in [0, 0.1) is 10.1 Å². The van der Waals surface area contributed by atoms with Crippen molar-refractivity contribution in [2.24, 2.45) is 0 Å². The first kappa shape index (κ1) is 14.4. The van der Waals surface area contributed by atoms with Crippen LogP contribution in [0.3, 0.4) is 0 Å². The number of hydrogen-bond donors (Lipinski definition) is 0. The highest BCUT2D eigenvalue weighted by Gasteiger charge is 2.46. The van der Waals surface area contributed by atoms with Crippen LogP contribution in [0.4, 0.5) is 17.1 Å². The Morgan fingerprint density at radius 3 is 2.27 bits per heavy atom. The summed E-state index contributed by atoms with van der Waals surface area (Å²) in [5.74, 6) is 0. The van der Waals surface area contributed by atoms with Gasteiger partial charge in [-0.15, -0.1) is 0 Å². The number of rotatable bonds is 3. The molecule has 0 saturated carbocycles. The number of non-ortho nitro benzene ring substituents is 1. The number of nitro benzene ring substituents is 1. The van der Waals surface area contributed by atoms with Crippen LogP contribution in [0.25, 0.3) is 0 Å². The van der Waals surface area contributed by atoms with Crippen LogP contribution in [-0.2, 0) is 5.66 Å². The van der Waals surface area contributed by atoms with Crippen molar-refractivity contribution in [2.75, 3.05) is 23.9 Å². The SMILES string of the molecule is CC[C@@]1(c2ccccc2)N(C)c2ccc([N+](=O)[O-])cc2N1C. The fourth-order valence-electron chi connectivity index (χ4n) is 3.57. The molecule has 1 aliphatic rings. The molecule has 0 fully saturated rings. The van der Waals surface area contributed by atoms with Crippen molar-refractivity contribution in [3.63, 3.8) is 0 Å². The van der Waals surface area contributed by atoms with Gasteiger partial charge in [0, 0.05) is 26.2 Å². The first-order valence-electron chi connectivity index (χ1n) is 7.34. The summed E-state index contributed by atoms with van der Waals surface area (Å²) in [5, 5.41) is 11.1. The highest BCUT2D eigenvalue weighted by molar-refractivity contribution is 5.81.